The summed E-state index contributed by atoms with van der Waals surface area (Å²) in [6.07, 6.45) is 8.48. The zero-order chi connectivity index (χ0) is 20.9. The molecule has 1 aliphatic rings. The number of anilines is 1. The molecule has 0 unspecified atom stereocenters. The van der Waals surface area contributed by atoms with Crippen molar-refractivity contribution in [2.75, 3.05) is 58.2 Å². The minimum Gasteiger partial charge on any atom is -0.370 e. The van der Waals surface area contributed by atoms with Crippen molar-refractivity contribution in [3.05, 3.63) is 66.4 Å². The maximum Gasteiger partial charge on any atom is 0.193 e. The number of benzene rings is 1. The van der Waals surface area contributed by atoms with Crippen molar-refractivity contribution < 1.29 is 0 Å². The van der Waals surface area contributed by atoms with Gasteiger partial charge in [-0.25, -0.2) is 4.98 Å². The highest BCUT2D eigenvalue weighted by Gasteiger charge is 2.18. The van der Waals surface area contributed by atoms with E-state index in [-0.39, 0.29) is 0 Å². The predicted molar refractivity (Wildman–Crippen MR) is 127 cm³/mol. The first-order chi connectivity index (χ1) is 14.8. The van der Waals surface area contributed by atoms with Gasteiger partial charge < -0.3 is 15.5 Å². The molecule has 2 aromatic rings. The molecule has 160 valence electrons. The molecule has 6 heteroatoms. The molecule has 0 atom stereocenters. The maximum absolute atomic E-state index is 4.48. The SMILES string of the molecule is CN=C(NCCCCNc1ccccn1)N1CCN(C/C=C/c2ccccc2)CC1. The number of aliphatic imine (C=N–C) groups is 1. The summed E-state index contributed by atoms with van der Waals surface area (Å²) in [5.74, 6) is 1.96. The smallest absolute Gasteiger partial charge is 0.193 e. The lowest BCUT2D eigenvalue weighted by Gasteiger charge is -2.36. The number of unbranched alkanes of at least 4 members (excludes halogenated alkanes) is 1. The molecule has 1 aromatic carbocycles. The second-order valence-electron chi connectivity index (χ2n) is 7.42. The zero-order valence-corrected chi connectivity index (χ0v) is 18.0. The topological polar surface area (TPSA) is 55.8 Å². The molecule has 30 heavy (non-hydrogen) atoms. The van der Waals surface area contributed by atoms with Crippen LogP contribution < -0.4 is 10.6 Å². The van der Waals surface area contributed by atoms with Gasteiger partial charge >= 0.3 is 0 Å². The van der Waals surface area contributed by atoms with Gasteiger partial charge in [-0.15, -0.1) is 0 Å². The molecule has 1 aromatic heterocycles. The third-order valence-corrected chi connectivity index (χ3v) is 5.21. The molecule has 6 nitrogen and oxygen atoms in total. The number of guanidine groups is 1. The number of nitrogens with one attached hydrogen (secondary N) is 2. The second-order valence-corrected chi connectivity index (χ2v) is 7.42. The molecule has 0 aliphatic carbocycles. The summed E-state index contributed by atoms with van der Waals surface area (Å²) in [5.41, 5.74) is 1.26. The standard InChI is InChI=1S/C24H34N6/c1-25-24(28-16-8-7-15-27-23-13-5-6-14-26-23)30-20-18-29(19-21-30)17-9-12-22-10-3-2-4-11-22/h2-6,9-14H,7-8,15-21H2,1H3,(H,25,28)(H,26,27)/b12-9+. The van der Waals surface area contributed by atoms with Gasteiger partial charge in [0.05, 0.1) is 0 Å². The summed E-state index contributed by atoms with van der Waals surface area (Å²) >= 11 is 0. The third kappa shape index (κ3) is 7.52. The van der Waals surface area contributed by atoms with Crippen molar-refractivity contribution in [1.29, 1.82) is 0 Å². The maximum atomic E-state index is 4.48. The molecule has 1 aliphatic heterocycles. The van der Waals surface area contributed by atoms with Gasteiger partial charge in [-0.3, -0.25) is 9.89 Å². The van der Waals surface area contributed by atoms with Gasteiger partial charge in [0.1, 0.15) is 5.82 Å². The van der Waals surface area contributed by atoms with Crippen LogP contribution in [0.2, 0.25) is 0 Å². The summed E-state index contributed by atoms with van der Waals surface area (Å²) in [6, 6.07) is 16.4. The van der Waals surface area contributed by atoms with Crippen molar-refractivity contribution in [2.45, 2.75) is 12.8 Å². The van der Waals surface area contributed by atoms with E-state index in [4.69, 9.17) is 0 Å². The van der Waals surface area contributed by atoms with E-state index in [1.807, 2.05) is 31.4 Å². The van der Waals surface area contributed by atoms with Crippen LogP contribution >= 0.6 is 0 Å². The Bertz CT molecular complexity index is 767. The summed E-state index contributed by atoms with van der Waals surface area (Å²) in [6.45, 7) is 7.03. The first-order valence-corrected chi connectivity index (χ1v) is 10.9. The Balaban J connectivity index is 1.28. The van der Waals surface area contributed by atoms with E-state index in [1.54, 1.807) is 0 Å². The van der Waals surface area contributed by atoms with E-state index >= 15 is 0 Å². The molecule has 2 heterocycles. The fourth-order valence-corrected chi connectivity index (χ4v) is 3.51. The molecule has 1 saturated heterocycles. The molecule has 2 N–H and O–H groups in total. The summed E-state index contributed by atoms with van der Waals surface area (Å²) in [5, 5.41) is 6.87. The Hall–Kier alpha value is -2.86. The van der Waals surface area contributed by atoms with Crippen molar-refractivity contribution in [3.8, 4) is 0 Å². The van der Waals surface area contributed by atoms with E-state index in [2.05, 4.69) is 72.9 Å². The Morgan fingerprint density at radius 2 is 1.77 bits per heavy atom. The van der Waals surface area contributed by atoms with Crippen LogP contribution in [0.25, 0.3) is 6.08 Å². The summed E-state index contributed by atoms with van der Waals surface area (Å²) < 4.78 is 0. The third-order valence-electron chi connectivity index (χ3n) is 5.21. The monoisotopic (exact) mass is 406 g/mol. The van der Waals surface area contributed by atoms with Crippen LogP contribution in [-0.2, 0) is 0 Å². The molecule has 0 spiro atoms. The number of nitrogens with zero attached hydrogens (tertiary/aromatic N) is 4. The first-order valence-electron chi connectivity index (χ1n) is 10.9. The van der Waals surface area contributed by atoms with Gasteiger partial charge in [0, 0.05) is 59.1 Å². The average Bonchev–Trinajstić information content (AvgIpc) is 2.81. The first kappa shape index (κ1) is 21.8. The molecular formula is C24H34N6. The highest BCUT2D eigenvalue weighted by atomic mass is 15.3. The lowest BCUT2D eigenvalue weighted by molar-refractivity contribution is 0.194. The van der Waals surface area contributed by atoms with E-state index in [0.29, 0.717) is 0 Å². The van der Waals surface area contributed by atoms with Crippen LogP contribution in [0.5, 0.6) is 0 Å². The number of hydrogen-bond acceptors (Lipinski definition) is 4. The average molecular weight is 407 g/mol. The Kier molecular flexibility index (Phi) is 9.21. The van der Waals surface area contributed by atoms with Crippen LogP contribution in [0.3, 0.4) is 0 Å². The molecule has 0 bridgehead atoms. The Labute approximate surface area is 180 Å². The Morgan fingerprint density at radius 1 is 1.00 bits per heavy atom. The normalized spacial score (nSPS) is 15.5. The molecule has 1 fully saturated rings. The lowest BCUT2D eigenvalue weighted by atomic mass is 10.2. The van der Waals surface area contributed by atoms with Crippen molar-refractivity contribution in [1.82, 2.24) is 20.1 Å². The highest BCUT2D eigenvalue weighted by Crippen LogP contribution is 2.05. The zero-order valence-electron chi connectivity index (χ0n) is 18.0. The fourth-order valence-electron chi connectivity index (χ4n) is 3.51. The second kappa shape index (κ2) is 12.6. The van der Waals surface area contributed by atoms with Crippen molar-refractivity contribution in [3.63, 3.8) is 0 Å². The quantitative estimate of drug-likeness (QED) is 0.381. The van der Waals surface area contributed by atoms with Gasteiger partial charge in [0.2, 0.25) is 0 Å². The van der Waals surface area contributed by atoms with Crippen LogP contribution in [0.1, 0.15) is 18.4 Å². The van der Waals surface area contributed by atoms with E-state index < -0.39 is 0 Å². The highest BCUT2D eigenvalue weighted by molar-refractivity contribution is 5.79. The number of piperazine rings is 1. The molecule has 0 amide bonds. The number of rotatable bonds is 9. The van der Waals surface area contributed by atoms with Gasteiger partial charge in [0.25, 0.3) is 0 Å². The molecular weight excluding hydrogens is 372 g/mol. The van der Waals surface area contributed by atoms with Gasteiger partial charge in [-0.2, -0.15) is 0 Å². The predicted octanol–water partition coefficient (Wildman–Crippen LogP) is 3.18. The molecule has 3 rings (SSSR count). The summed E-state index contributed by atoms with van der Waals surface area (Å²) in [7, 11) is 1.87. The van der Waals surface area contributed by atoms with Gasteiger partial charge in [-0.1, -0.05) is 48.6 Å². The number of hydrogen-bond donors (Lipinski definition) is 2. The lowest BCUT2D eigenvalue weighted by Crippen LogP contribution is -2.52. The van der Waals surface area contributed by atoms with Crippen LogP contribution in [0.15, 0.2) is 65.8 Å². The van der Waals surface area contributed by atoms with Crippen LogP contribution in [0, 0.1) is 0 Å². The summed E-state index contributed by atoms with van der Waals surface area (Å²) in [4.78, 5) is 13.6. The van der Waals surface area contributed by atoms with E-state index in [9.17, 15) is 0 Å². The minimum atomic E-state index is 0.937. The fraction of sp³-hybridized carbons (Fsp3) is 0.417. The number of aromatic nitrogens is 1. The largest absolute Gasteiger partial charge is 0.370 e. The van der Waals surface area contributed by atoms with Crippen LogP contribution in [0.4, 0.5) is 5.82 Å². The van der Waals surface area contributed by atoms with Gasteiger partial charge in [-0.05, 0) is 30.5 Å². The van der Waals surface area contributed by atoms with Gasteiger partial charge in [0.15, 0.2) is 5.96 Å². The minimum absolute atomic E-state index is 0.937. The number of pyridine rings is 1. The Morgan fingerprint density at radius 3 is 2.50 bits per heavy atom. The van der Waals surface area contributed by atoms with Crippen molar-refractivity contribution >= 4 is 17.9 Å². The van der Waals surface area contributed by atoms with E-state index in [0.717, 1.165) is 70.4 Å². The molecule has 0 saturated carbocycles. The van der Waals surface area contributed by atoms with Crippen molar-refractivity contribution in [2.24, 2.45) is 4.99 Å². The van der Waals surface area contributed by atoms with Crippen LogP contribution in [-0.4, -0.2) is 73.6 Å². The van der Waals surface area contributed by atoms with E-state index in [1.165, 1.54) is 5.56 Å². The molecule has 0 radical (unpaired) electrons.